The molecule has 0 bridgehead atoms. The van der Waals surface area contributed by atoms with Crippen molar-refractivity contribution in [1.82, 2.24) is 29.1 Å². The van der Waals surface area contributed by atoms with E-state index < -0.39 is 104 Å². The van der Waals surface area contributed by atoms with Crippen molar-refractivity contribution < 1.29 is 70.0 Å². The number of nitrogens with one attached hydrogen (secondary N) is 1. The second-order valence-corrected chi connectivity index (χ2v) is 15.4. The summed E-state index contributed by atoms with van der Waals surface area (Å²) in [6.45, 7) is -0.381. The predicted octanol–water partition coefficient (Wildman–Crippen LogP) is 0.101. The third kappa shape index (κ3) is 9.00. The topological polar surface area (TPSA) is 327 Å². The van der Waals surface area contributed by atoms with E-state index in [9.17, 15) is 42.7 Å². The highest BCUT2D eigenvalue weighted by atomic mass is 31.2. The quantitative estimate of drug-likeness (QED) is 0.127. The average molecular weight is 798 g/mol. The summed E-state index contributed by atoms with van der Waals surface area (Å²) in [6, 6.07) is 0. The van der Waals surface area contributed by atoms with Gasteiger partial charge in [0, 0.05) is 37.6 Å². The van der Waals surface area contributed by atoms with Crippen LogP contribution in [0.2, 0.25) is 0 Å². The first-order valence-corrected chi connectivity index (χ1v) is 19.6. The van der Waals surface area contributed by atoms with Crippen LogP contribution in [0.1, 0.15) is 37.3 Å². The van der Waals surface area contributed by atoms with Crippen LogP contribution in [0.4, 0.5) is 5.82 Å². The van der Waals surface area contributed by atoms with Crippen LogP contribution in [0.5, 0.6) is 0 Å². The summed E-state index contributed by atoms with van der Waals surface area (Å²) in [5, 5.41) is 10.6. The fourth-order valence-electron chi connectivity index (χ4n) is 5.83. The SMILES string of the molecule is Cc1cn([C@H]2C[C@H](OP(=O)(O)OC[C@H]3O[C@@H](n4cnc5c(N)ncnc54)C[C@@H]3O)[C@@H](COP(=O)(O)O[C@H]3CCO[C@@H]3COP(=O)=O)O2)c(=O)[nH]c1=O. The first-order chi connectivity index (χ1) is 24.6. The number of phosphoric ester groups is 2. The number of aryl methyl sites for hydroxylation is 1. The molecule has 0 aromatic carbocycles. The molecular formula is C25H34N7O17P3. The molecule has 3 saturated heterocycles. The highest BCUT2D eigenvalue weighted by Crippen LogP contribution is 2.51. The molecule has 6 heterocycles. The van der Waals surface area contributed by atoms with E-state index in [1.165, 1.54) is 30.3 Å². The van der Waals surface area contributed by atoms with E-state index in [0.29, 0.717) is 11.2 Å². The molecule has 286 valence electrons. The number of nitrogen functional groups attached to an aromatic ring is 1. The highest BCUT2D eigenvalue weighted by molar-refractivity contribution is 7.47. The fraction of sp³-hybridized carbons (Fsp3) is 0.640. The van der Waals surface area contributed by atoms with Crippen molar-refractivity contribution in [1.29, 1.82) is 0 Å². The molecule has 0 spiro atoms. The standard InChI is InChI=1S/C25H34N7O17P3/c1-12-6-31(25(35)30-24(12)34)20-5-15(18(47-20)9-45-51(38,39)48-14-2-3-42-17(14)7-43-50(36)37)49-52(40,41)44-8-16-13(33)4-19(46-16)32-11-29-21-22(26)27-10-28-23(21)32/h6,10-11,13-20,33H,2-5,7-9H2,1H3,(H,38,39)(H,40,41)(H2,26,27,28)(H,30,34,35)/t13-,14-,15-,16+,17+,18+,19+,20+/m0/s1. The van der Waals surface area contributed by atoms with E-state index in [1.807, 2.05) is 0 Å². The van der Waals surface area contributed by atoms with Gasteiger partial charge in [-0.1, -0.05) is 0 Å². The molecule has 0 amide bonds. The number of fused-ring (bicyclic) bond motifs is 1. The Labute approximate surface area is 292 Å². The van der Waals surface area contributed by atoms with E-state index in [0.717, 1.165) is 4.57 Å². The Bertz CT molecular complexity index is 2050. The van der Waals surface area contributed by atoms with E-state index in [1.54, 1.807) is 0 Å². The maximum absolute atomic E-state index is 13.2. The summed E-state index contributed by atoms with van der Waals surface area (Å²) in [7, 11) is -13.1. The number of ether oxygens (including phenoxy) is 3. The first kappa shape index (κ1) is 38.7. The Balaban J connectivity index is 1.11. The maximum Gasteiger partial charge on any atom is 0.472 e. The third-order valence-corrected chi connectivity index (χ3v) is 10.8. The minimum atomic E-state index is -5.01. The normalized spacial score (nSPS) is 30.1. The lowest BCUT2D eigenvalue weighted by Crippen LogP contribution is -2.33. The Hall–Kier alpha value is -3.05. The van der Waals surface area contributed by atoms with Crippen LogP contribution in [0.3, 0.4) is 0 Å². The van der Waals surface area contributed by atoms with Gasteiger partial charge in [0.2, 0.25) is 0 Å². The molecule has 3 aromatic heterocycles. The Morgan fingerprint density at radius 3 is 2.37 bits per heavy atom. The van der Waals surface area contributed by atoms with Gasteiger partial charge in [0.25, 0.3) is 5.56 Å². The van der Waals surface area contributed by atoms with Gasteiger partial charge >= 0.3 is 29.2 Å². The predicted molar refractivity (Wildman–Crippen MR) is 169 cm³/mol. The van der Waals surface area contributed by atoms with Crippen molar-refractivity contribution in [2.75, 3.05) is 32.2 Å². The number of aromatic nitrogens is 6. The molecule has 6 rings (SSSR count). The highest BCUT2D eigenvalue weighted by Gasteiger charge is 2.45. The molecule has 6 N–H and O–H groups in total. The van der Waals surface area contributed by atoms with Crippen LogP contribution in [-0.2, 0) is 55.1 Å². The summed E-state index contributed by atoms with van der Waals surface area (Å²) in [5.41, 5.74) is 5.09. The van der Waals surface area contributed by atoms with Gasteiger partial charge in [0.1, 0.15) is 54.8 Å². The monoisotopic (exact) mass is 797 g/mol. The Kier molecular flexibility index (Phi) is 11.7. The van der Waals surface area contributed by atoms with Crippen molar-refractivity contribution in [3.05, 3.63) is 45.3 Å². The largest absolute Gasteiger partial charge is 0.472 e. The zero-order valence-electron chi connectivity index (χ0n) is 27.0. The zero-order valence-corrected chi connectivity index (χ0v) is 29.7. The number of aromatic amines is 1. The van der Waals surface area contributed by atoms with Gasteiger partial charge in [-0.15, -0.1) is 0 Å². The number of aliphatic hydroxyl groups is 1. The molecular weight excluding hydrogens is 763 g/mol. The van der Waals surface area contributed by atoms with Gasteiger partial charge in [-0.05, 0) is 6.92 Å². The van der Waals surface area contributed by atoms with Gasteiger partial charge in [-0.2, -0.15) is 0 Å². The number of hydrogen-bond donors (Lipinski definition) is 5. The number of aliphatic hydroxyl groups excluding tert-OH is 1. The lowest BCUT2D eigenvalue weighted by atomic mass is 10.2. The fourth-order valence-corrected chi connectivity index (χ4v) is 8.03. The number of imidazole rings is 1. The van der Waals surface area contributed by atoms with Gasteiger partial charge in [-0.25, -0.2) is 38.0 Å². The van der Waals surface area contributed by atoms with Gasteiger partial charge in [-0.3, -0.25) is 41.5 Å². The van der Waals surface area contributed by atoms with E-state index >= 15 is 0 Å². The van der Waals surface area contributed by atoms with Crippen molar-refractivity contribution in [3.63, 3.8) is 0 Å². The third-order valence-electron chi connectivity index (χ3n) is 8.37. The van der Waals surface area contributed by atoms with Crippen LogP contribution in [0, 0.1) is 6.92 Å². The molecule has 0 radical (unpaired) electrons. The number of phosphoric acid groups is 2. The Morgan fingerprint density at radius 1 is 0.962 bits per heavy atom. The van der Waals surface area contributed by atoms with Crippen molar-refractivity contribution in [2.45, 2.75) is 75.3 Å². The van der Waals surface area contributed by atoms with Gasteiger partial charge < -0.3 is 34.8 Å². The molecule has 2 unspecified atom stereocenters. The Morgan fingerprint density at radius 2 is 1.63 bits per heavy atom. The first-order valence-electron chi connectivity index (χ1n) is 15.5. The molecule has 3 fully saturated rings. The molecule has 3 aromatic rings. The number of nitrogens with zero attached hydrogens (tertiary/aromatic N) is 5. The summed E-state index contributed by atoms with van der Waals surface area (Å²) in [5.74, 6) is 0.136. The van der Waals surface area contributed by atoms with Crippen LogP contribution in [0.15, 0.2) is 28.4 Å². The summed E-state index contributed by atoms with van der Waals surface area (Å²) < 4.78 is 92.6. The van der Waals surface area contributed by atoms with Crippen LogP contribution >= 0.6 is 23.6 Å². The van der Waals surface area contributed by atoms with E-state index in [4.69, 9.17) is 38.0 Å². The lowest BCUT2D eigenvalue weighted by molar-refractivity contribution is -0.0584. The van der Waals surface area contributed by atoms with E-state index in [2.05, 4.69) is 24.5 Å². The molecule has 27 heteroatoms. The number of anilines is 1. The van der Waals surface area contributed by atoms with Crippen LogP contribution in [-0.4, -0.2) is 107 Å². The minimum absolute atomic E-state index is 0.0352. The van der Waals surface area contributed by atoms with Crippen LogP contribution in [0.25, 0.3) is 11.2 Å². The molecule has 0 aliphatic carbocycles. The summed E-state index contributed by atoms with van der Waals surface area (Å²) >= 11 is 0. The molecule has 3 aliphatic rings. The van der Waals surface area contributed by atoms with E-state index in [-0.39, 0.29) is 37.3 Å². The molecule has 52 heavy (non-hydrogen) atoms. The average Bonchev–Trinajstić information content (AvgIpc) is 3.86. The summed E-state index contributed by atoms with van der Waals surface area (Å²) in [4.78, 5) is 60.0. The number of H-pyrrole nitrogens is 1. The van der Waals surface area contributed by atoms with Gasteiger partial charge in [0.05, 0.1) is 32.3 Å². The minimum Gasteiger partial charge on any atom is -0.390 e. The zero-order chi connectivity index (χ0) is 37.4. The van der Waals surface area contributed by atoms with Gasteiger partial charge in [0.15, 0.2) is 11.5 Å². The molecule has 3 aliphatic heterocycles. The van der Waals surface area contributed by atoms with Crippen LogP contribution < -0.4 is 17.0 Å². The number of nitrogens with two attached hydrogens (primary N) is 1. The number of hydrogen-bond acceptors (Lipinski definition) is 19. The second-order valence-electron chi connectivity index (χ2n) is 11.9. The van der Waals surface area contributed by atoms with Crippen molar-refractivity contribution >= 4 is 40.5 Å². The smallest absolute Gasteiger partial charge is 0.390 e. The van der Waals surface area contributed by atoms with Crippen molar-refractivity contribution in [3.8, 4) is 0 Å². The summed E-state index contributed by atoms with van der Waals surface area (Å²) in [6.07, 6.45) is -5.54. The van der Waals surface area contributed by atoms with Crippen molar-refractivity contribution in [2.24, 2.45) is 0 Å². The molecule has 10 atom stereocenters. The second kappa shape index (κ2) is 15.7. The maximum atomic E-state index is 13.2. The lowest BCUT2D eigenvalue weighted by Gasteiger charge is -2.24. The number of rotatable bonds is 15. The molecule has 0 saturated carbocycles. The molecule has 24 nitrogen and oxygen atoms in total.